The van der Waals surface area contributed by atoms with Crippen LogP contribution in [0.2, 0.25) is 0 Å². The van der Waals surface area contributed by atoms with E-state index in [-0.39, 0.29) is 0 Å². The van der Waals surface area contributed by atoms with Crippen molar-refractivity contribution in [1.29, 1.82) is 0 Å². The van der Waals surface area contributed by atoms with Gasteiger partial charge < -0.3 is 9.13 Å². The Morgan fingerprint density at radius 2 is 0.698 bits per heavy atom. The molecule has 0 N–H and O–H groups in total. The Balaban J connectivity index is 1.02. The predicted molar refractivity (Wildman–Crippen MR) is 271 cm³/mol. The Hall–Kier alpha value is -7.98. The van der Waals surface area contributed by atoms with E-state index in [1.807, 2.05) is 11.3 Å². The van der Waals surface area contributed by atoms with Gasteiger partial charge in [0.25, 0.3) is 0 Å². The number of thiophene rings is 1. The number of aromatic nitrogens is 2. The number of fused-ring (bicyclic) bond motifs is 15. The highest BCUT2D eigenvalue weighted by Crippen LogP contribution is 2.45. The van der Waals surface area contributed by atoms with Gasteiger partial charge in [-0.25, -0.2) is 0 Å². The Labute approximate surface area is 366 Å². The van der Waals surface area contributed by atoms with E-state index in [2.05, 4.69) is 228 Å². The smallest absolute Gasteiger partial charge is 0.0541 e. The van der Waals surface area contributed by atoms with E-state index in [9.17, 15) is 0 Å². The van der Waals surface area contributed by atoms with Crippen molar-refractivity contribution in [3.05, 3.63) is 218 Å². The third-order valence-corrected chi connectivity index (χ3v) is 14.7. The zero-order chi connectivity index (χ0) is 41.2. The molecule has 292 valence electrons. The predicted octanol–water partition coefficient (Wildman–Crippen LogP) is 17.0. The molecule has 0 radical (unpaired) electrons. The molecule has 0 aliphatic carbocycles. The SMILES string of the molecule is c1cc(-c2ccc3c4ccccc4c4ccccc4c3c2)cc(-c2cc(-n3c4ccccc4c4ccccc43)cc3c2sc2ccc(-n4c5ccccc5c5ccccc54)cc23)c1. The summed E-state index contributed by atoms with van der Waals surface area (Å²) in [5.74, 6) is 0. The number of para-hydroxylation sites is 4. The monoisotopic (exact) mass is 816 g/mol. The first-order valence-electron chi connectivity index (χ1n) is 21.7. The van der Waals surface area contributed by atoms with Crippen LogP contribution in [0.5, 0.6) is 0 Å². The average Bonchev–Trinajstić information content (AvgIpc) is 4.01. The average molecular weight is 817 g/mol. The quantitative estimate of drug-likeness (QED) is 0.157. The van der Waals surface area contributed by atoms with Crippen molar-refractivity contribution < 1.29 is 0 Å². The molecule has 0 fully saturated rings. The van der Waals surface area contributed by atoms with Gasteiger partial charge in [-0.15, -0.1) is 11.3 Å². The van der Waals surface area contributed by atoms with E-state index >= 15 is 0 Å². The van der Waals surface area contributed by atoms with Crippen molar-refractivity contribution in [2.75, 3.05) is 0 Å². The van der Waals surface area contributed by atoms with Crippen LogP contribution in [0.3, 0.4) is 0 Å². The lowest BCUT2D eigenvalue weighted by Gasteiger charge is -2.14. The van der Waals surface area contributed by atoms with Crippen molar-refractivity contribution >= 4 is 107 Å². The van der Waals surface area contributed by atoms with Crippen LogP contribution >= 0.6 is 11.3 Å². The van der Waals surface area contributed by atoms with Crippen LogP contribution in [0.25, 0.3) is 130 Å². The molecule has 0 unspecified atom stereocenters. The molecule has 0 amide bonds. The first kappa shape index (κ1) is 34.7. The van der Waals surface area contributed by atoms with Crippen LogP contribution in [0.15, 0.2) is 218 Å². The van der Waals surface area contributed by atoms with Crippen LogP contribution in [-0.4, -0.2) is 9.13 Å². The summed E-state index contributed by atoms with van der Waals surface area (Å²) in [6.45, 7) is 0. The van der Waals surface area contributed by atoms with Crippen molar-refractivity contribution in [2.45, 2.75) is 0 Å². The molecule has 0 atom stereocenters. The highest BCUT2D eigenvalue weighted by Gasteiger charge is 2.20. The lowest BCUT2D eigenvalue weighted by molar-refractivity contribution is 1.18. The van der Waals surface area contributed by atoms with Crippen molar-refractivity contribution in [2.24, 2.45) is 0 Å². The number of rotatable bonds is 4. The lowest BCUT2D eigenvalue weighted by Crippen LogP contribution is -1.95. The minimum absolute atomic E-state index is 1.16. The van der Waals surface area contributed by atoms with Gasteiger partial charge in [-0.3, -0.25) is 0 Å². The maximum Gasteiger partial charge on any atom is 0.0541 e. The molecule has 63 heavy (non-hydrogen) atoms. The fraction of sp³-hybridized carbons (Fsp3) is 0. The summed E-state index contributed by atoms with van der Waals surface area (Å²) in [6, 6.07) is 81.1. The number of hydrogen-bond acceptors (Lipinski definition) is 1. The molecule has 0 saturated carbocycles. The van der Waals surface area contributed by atoms with Crippen molar-refractivity contribution in [3.8, 4) is 33.6 Å². The Bertz CT molecular complexity index is 4070. The second-order valence-electron chi connectivity index (χ2n) is 16.8. The second kappa shape index (κ2) is 13.3. The third-order valence-electron chi connectivity index (χ3n) is 13.5. The molecule has 14 rings (SSSR count). The van der Waals surface area contributed by atoms with Gasteiger partial charge in [-0.2, -0.15) is 0 Å². The molecule has 2 nitrogen and oxygen atoms in total. The van der Waals surface area contributed by atoms with Gasteiger partial charge in [-0.05, 0) is 116 Å². The largest absolute Gasteiger partial charge is 0.309 e. The standard InChI is InChI=1S/C60H36N2S/c1-2-18-44-42(16-1)43-17-3-4-19-45(43)52-33-38(28-30-46(44)52)37-14-13-15-39(32-37)51-35-41(62-57-26-11-7-22-49(57)50-23-8-12-27-58(50)62)36-54-53-34-40(29-31-59(53)63-60(51)54)61-55-24-9-5-20-47(55)48-21-6-10-25-56(48)61/h1-36H. The highest BCUT2D eigenvalue weighted by molar-refractivity contribution is 7.26. The van der Waals surface area contributed by atoms with Gasteiger partial charge in [0.1, 0.15) is 0 Å². The molecule has 0 aliphatic rings. The summed E-state index contributed by atoms with van der Waals surface area (Å²) < 4.78 is 7.47. The molecule has 14 aromatic rings. The van der Waals surface area contributed by atoms with Crippen LogP contribution in [-0.2, 0) is 0 Å². The summed E-state index contributed by atoms with van der Waals surface area (Å²) in [5.41, 5.74) is 12.0. The van der Waals surface area contributed by atoms with Gasteiger partial charge in [0, 0.05) is 58.7 Å². The molecule has 11 aromatic carbocycles. The van der Waals surface area contributed by atoms with Gasteiger partial charge in [-0.1, -0.05) is 152 Å². The maximum absolute atomic E-state index is 2.47. The van der Waals surface area contributed by atoms with Gasteiger partial charge in [0.2, 0.25) is 0 Å². The molecule has 0 aliphatic heterocycles. The van der Waals surface area contributed by atoms with E-state index in [0.717, 1.165) is 5.69 Å². The van der Waals surface area contributed by atoms with Crippen molar-refractivity contribution in [1.82, 2.24) is 9.13 Å². The van der Waals surface area contributed by atoms with Gasteiger partial charge in [0.05, 0.1) is 22.1 Å². The minimum atomic E-state index is 1.16. The zero-order valence-corrected chi connectivity index (χ0v) is 34.9. The summed E-state index contributed by atoms with van der Waals surface area (Å²) in [5, 5.41) is 15.3. The summed E-state index contributed by atoms with van der Waals surface area (Å²) in [4.78, 5) is 0. The minimum Gasteiger partial charge on any atom is -0.309 e. The highest BCUT2D eigenvalue weighted by atomic mass is 32.1. The Kier molecular flexibility index (Phi) is 7.30. The summed E-state index contributed by atoms with van der Waals surface area (Å²) >= 11 is 1.90. The molecule has 0 bridgehead atoms. The first-order chi connectivity index (χ1) is 31.2. The Morgan fingerprint density at radius 1 is 0.254 bits per heavy atom. The molecule has 0 saturated heterocycles. The van der Waals surface area contributed by atoms with Crippen LogP contribution in [0.1, 0.15) is 0 Å². The van der Waals surface area contributed by atoms with E-state index in [0.29, 0.717) is 0 Å². The van der Waals surface area contributed by atoms with E-state index in [1.54, 1.807) is 0 Å². The number of hydrogen-bond donors (Lipinski definition) is 0. The van der Waals surface area contributed by atoms with Crippen LogP contribution in [0.4, 0.5) is 0 Å². The second-order valence-corrected chi connectivity index (χ2v) is 17.9. The molecule has 3 heterocycles. The van der Waals surface area contributed by atoms with Crippen molar-refractivity contribution in [3.63, 3.8) is 0 Å². The zero-order valence-electron chi connectivity index (χ0n) is 34.1. The molecule has 0 spiro atoms. The number of nitrogens with zero attached hydrogens (tertiary/aromatic N) is 2. The van der Waals surface area contributed by atoms with Crippen LogP contribution < -0.4 is 0 Å². The topological polar surface area (TPSA) is 9.86 Å². The molecular formula is C60H36N2S. The van der Waals surface area contributed by atoms with Crippen LogP contribution in [0, 0.1) is 0 Å². The molecular weight excluding hydrogens is 781 g/mol. The first-order valence-corrected chi connectivity index (χ1v) is 22.5. The fourth-order valence-corrected chi connectivity index (χ4v) is 11.9. The third kappa shape index (κ3) is 5.06. The lowest BCUT2D eigenvalue weighted by atomic mass is 9.91. The number of benzene rings is 11. The normalized spacial score (nSPS) is 12.1. The van der Waals surface area contributed by atoms with E-state index in [4.69, 9.17) is 0 Å². The summed E-state index contributed by atoms with van der Waals surface area (Å²) in [6.07, 6.45) is 0. The van der Waals surface area contributed by atoms with Gasteiger partial charge >= 0.3 is 0 Å². The van der Waals surface area contributed by atoms with Gasteiger partial charge in [0.15, 0.2) is 0 Å². The Morgan fingerprint density at radius 3 is 1.27 bits per heavy atom. The molecule has 3 heteroatoms. The fourth-order valence-electron chi connectivity index (χ4n) is 10.7. The van der Waals surface area contributed by atoms with E-state index in [1.165, 1.54) is 124 Å². The maximum atomic E-state index is 2.47. The van der Waals surface area contributed by atoms with E-state index < -0.39 is 0 Å². The summed E-state index contributed by atoms with van der Waals surface area (Å²) in [7, 11) is 0. The molecule has 3 aromatic heterocycles.